The second-order valence-corrected chi connectivity index (χ2v) is 7.92. The van der Waals surface area contributed by atoms with Gasteiger partial charge in [0.25, 0.3) is 0 Å². The molecule has 0 saturated carbocycles. The monoisotopic (exact) mass is 369 g/mol. The Balaban J connectivity index is 1.73. The molecule has 0 aliphatic carbocycles. The molecule has 1 aliphatic rings. The van der Waals surface area contributed by atoms with Gasteiger partial charge in [0.15, 0.2) is 0 Å². The fourth-order valence-electron chi connectivity index (χ4n) is 3.10. The number of hydrogen-bond donors (Lipinski definition) is 1. The third-order valence-electron chi connectivity index (χ3n) is 4.29. The Morgan fingerprint density at radius 1 is 1.09 bits per heavy atom. The Kier molecular flexibility index (Phi) is 3.08. The van der Waals surface area contributed by atoms with Crippen LogP contribution in [0.1, 0.15) is 0 Å². The summed E-state index contributed by atoms with van der Waals surface area (Å²) in [7, 11) is 0. The molecule has 0 amide bonds. The van der Waals surface area contributed by atoms with Crippen LogP contribution in [0.15, 0.2) is 36.5 Å². The first-order valence-electron chi connectivity index (χ1n) is 7.79. The fourth-order valence-corrected chi connectivity index (χ4v) is 5.14. The predicted molar refractivity (Wildman–Crippen MR) is 94.4 cm³/mol. The van der Waals surface area contributed by atoms with Gasteiger partial charge >= 0.3 is 139 Å². The van der Waals surface area contributed by atoms with Crippen LogP contribution in [-0.2, 0) is 0 Å². The number of nitrogens with one attached hydrogen (secondary N) is 1. The molecule has 5 nitrogen and oxygen atoms in total. The first kappa shape index (κ1) is 13.4. The Labute approximate surface area is 139 Å². The van der Waals surface area contributed by atoms with Crippen molar-refractivity contribution >= 4 is 50.9 Å². The van der Waals surface area contributed by atoms with Crippen molar-refractivity contribution in [3.63, 3.8) is 0 Å². The normalized spacial score (nSPS) is 15.7. The summed E-state index contributed by atoms with van der Waals surface area (Å²) in [6.07, 6.45) is 2.01. The summed E-state index contributed by atoms with van der Waals surface area (Å²) in [5.41, 5.74) is 2.15. The number of aromatic nitrogens is 3. The van der Waals surface area contributed by atoms with Crippen LogP contribution in [0.25, 0.3) is 30.5 Å². The summed E-state index contributed by atoms with van der Waals surface area (Å²) in [4.78, 5) is 16.6. The van der Waals surface area contributed by atoms with Gasteiger partial charge in [0.1, 0.15) is 0 Å². The number of nitrogens with zero attached hydrogens (tertiary/aromatic N) is 4. The van der Waals surface area contributed by atoms with Gasteiger partial charge in [-0.2, -0.15) is 0 Å². The third-order valence-corrected chi connectivity index (χ3v) is 6.44. The van der Waals surface area contributed by atoms with Crippen LogP contribution in [0.3, 0.4) is 0 Å². The molecule has 23 heavy (non-hydrogen) atoms. The van der Waals surface area contributed by atoms with E-state index >= 15 is 0 Å². The van der Waals surface area contributed by atoms with Crippen LogP contribution in [0.4, 0.5) is 5.95 Å². The number of rotatable bonds is 1. The molecule has 5 rings (SSSR count). The first-order chi connectivity index (χ1) is 11.4. The molecule has 114 valence electrons. The van der Waals surface area contributed by atoms with Gasteiger partial charge in [0.2, 0.25) is 0 Å². The second-order valence-electron chi connectivity index (χ2n) is 5.76. The standard InChI is InChI=1S/C17H15N5Se/c1-2-4-13-11(3-1)9-12-15-14(23-16(12)20-13)10-19-17(21-15)22-7-5-18-6-8-22/h1-4,9-10,18H,5-8H2. The molecule has 4 aromatic rings. The summed E-state index contributed by atoms with van der Waals surface area (Å²) in [5, 5.41) is 5.74. The average molecular weight is 368 g/mol. The zero-order chi connectivity index (χ0) is 15.2. The zero-order valence-corrected chi connectivity index (χ0v) is 14.2. The van der Waals surface area contributed by atoms with Gasteiger partial charge in [0, 0.05) is 0 Å². The maximum absolute atomic E-state index is 4.89. The van der Waals surface area contributed by atoms with Crippen molar-refractivity contribution in [1.29, 1.82) is 0 Å². The zero-order valence-electron chi connectivity index (χ0n) is 12.5. The van der Waals surface area contributed by atoms with E-state index in [4.69, 9.17) is 9.97 Å². The summed E-state index contributed by atoms with van der Waals surface area (Å²) in [6.45, 7) is 3.92. The van der Waals surface area contributed by atoms with E-state index in [1.54, 1.807) is 0 Å². The van der Waals surface area contributed by atoms with Gasteiger partial charge in [-0.25, -0.2) is 0 Å². The van der Waals surface area contributed by atoms with E-state index in [2.05, 4.69) is 39.5 Å². The molecular formula is C17H15N5Se. The van der Waals surface area contributed by atoms with E-state index in [-0.39, 0.29) is 14.5 Å². The topological polar surface area (TPSA) is 53.9 Å². The van der Waals surface area contributed by atoms with E-state index in [0.717, 1.165) is 43.2 Å². The third kappa shape index (κ3) is 2.22. The Morgan fingerprint density at radius 2 is 1.96 bits per heavy atom. The summed E-state index contributed by atoms with van der Waals surface area (Å²) >= 11 is 0.205. The van der Waals surface area contributed by atoms with Crippen molar-refractivity contribution in [1.82, 2.24) is 20.3 Å². The Morgan fingerprint density at radius 3 is 2.87 bits per heavy atom. The number of hydrogen-bond acceptors (Lipinski definition) is 5. The SMILES string of the molecule is c1ccc2nc3[se]c4cnc(N5CCNCC5)nc4c3cc2c1. The Bertz CT molecular complexity index is 1020. The number of benzene rings is 1. The fraction of sp³-hybridized carbons (Fsp3) is 0.235. The van der Waals surface area contributed by atoms with Gasteiger partial charge in [0.05, 0.1) is 0 Å². The quantitative estimate of drug-likeness (QED) is 0.520. The maximum atomic E-state index is 4.89. The Hall–Kier alpha value is -2.01. The van der Waals surface area contributed by atoms with E-state index in [1.165, 1.54) is 19.4 Å². The number of piperazine rings is 1. The predicted octanol–water partition coefficient (Wildman–Crippen LogP) is 1.80. The van der Waals surface area contributed by atoms with Crippen molar-refractivity contribution in [3.8, 4) is 0 Å². The molecule has 0 atom stereocenters. The van der Waals surface area contributed by atoms with Crippen LogP contribution < -0.4 is 10.2 Å². The summed E-state index contributed by atoms with van der Waals surface area (Å²) in [5.74, 6) is 0.849. The molecule has 1 N–H and O–H groups in total. The molecule has 0 unspecified atom stereocenters. The van der Waals surface area contributed by atoms with Crippen molar-refractivity contribution in [2.75, 3.05) is 31.1 Å². The van der Waals surface area contributed by atoms with Gasteiger partial charge < -0.3 is 0 Å². The number of para-hydroxylation sites is 1. The molecule has 0 bridgehead atoms. The van der Waals surface area contributed by atoms with Crippen LogP contribution in [0.5, 0.6) is 0 Å². The van der Waals surface area contributed by atoms with Crippen LogP contribution >= 0.6 is 0 Å². The number of pyridine rings is 1. The molecule has 0 radical (unpaired) electrons. The molecule has 3 aromatic heterocycles. The molecule has 1 saturated heterocycles. The van der Waals surface area contributed by atoms with Crippen molar-refractivity contribution in [2.24, 2.45) is 0 Å². The molecule has 0 spiro atoms. The van der Waals surface area contributed by atoms with Crippen LogP contribution in [0.2, 0.25) is 0 Å². The van der Waals surface area contributed by atoms with Gasteiger partial charge in [-0.15, -0.1) is 0 Å². The summed E-state index contributed by atoms with van der Waals surface area (Å²) in [6, 6.07) is 10.5. The first-order valence-corrected chi connectivity index (χ1v) is 9.50. The molecule has 1 aromatic carbocycles. The average Bonchev–Trinajstić information content (AvgIpc) is 2.97. The molecular weight excluding hydrogens is 353 g/mol. The molecule has 6 heteroatoms. The van der Waals surface area contributed by atoms with Crippen molar-refractivity contribution < 1.29 is 0 Å². The van der Waals surface area contributed by atoms with Crippen molar-refractivity contribution in [2.45, 2.75) is 0 Å². The summed E-state index contributed by atoms with van der Waals surface area (Å²) < 4.78 is 2.42. The number of fused-ring (bicyclic) bond motifs is 4. The van der Waals surface area contributed by atoms with Crippen LogP contribution in [0, 0.1) is 0 Å². The minimum absolute atomic E-state index is 0.205. The molecule has 1 aliphatic heterocycles. The molecule has 1 fully saturated rings. The van der Waals surface area contributed by atoms with E-state index in [0.29, 0.717) is 0 Å². The van der Waals surface area contributed by atoms with E-state index in [9.17, 15) is 0 Å². The van der Waals surface area contributed by atoms with Crippen molar-refractivity contribution in [3.05, 3.63) is 36.5 Å². The van der Waals surface area contributed by atoms with E-state index in [1.807, 2.05) is 12.3 Å². The minimum atomic E-state index is 0.205. The van der Waals surface area contributed by atoms with Gasteiger partial charge in [-0.1, -0.05) is 0 Å². The van der Waals surface area contributed by atoms with Gasteiger partial charge in [-0.05, 0) is 0 Å². The molecule has 4 heterocycles. The van der Waals surface area contributed by atoms with E-state index < -0.39 is 0 Å². The van der Waals surface area contributed by atoms with Gasteiger partial charge in [-0.3, -0.25) is 0 Å². The number of anilines is 1. The van der Waals surface area contributed by atoms with Crippen LogP contribution in [-0.4, -0.2) is 55.6 Å². The second kappa shape index (κ2) is 5.27.